The van der Waals surface area contributed by atoms with Gasteiger partial charge in [-0.15, -0.1) is 0 Å². The van der Waals surface area contributed by atoms with Crippen LogP contribution in [0.2, 0.25) is 0 Å². The molecule has 1 saturated heterocycles. The van der Waals surface area contributed by atoms with E-state index >= 15 is 0 Å². The highest BCUT2D eigenvalue weighted by atomic mass is 32.2. The second-order valence-electron chi connectivity index (χ2n) is 6.72. The third kappa shape index (κ3) is 4.55. The Morgan fingerprint density at radius 3 is 2.35 bits per heavy atom. The Morgan fingerprint density at radius 1 is 1.17 bits per heavy atom. The molecule has 1 N–H and O–H groups in total. The van der Waals surface area contributed by atoms with Gasteiger partial charge in [-0.25, -0.2) is 16.8 Å². The Kier molecular flexibility index (Phi) is 5.53. The lowest BCUT2D eigenvalue weighted by Crippen LogP contribution is -2.43. The number of sulfone groups is 2. The third-order valence-corrected chi connectivity index (χ3v) is 8.34. The Hall–Kier alpha value is -0.920. The monoisotopic (exact) mass is 359 g/mol. The zero-order valence-electron chi connectivity index (χ0n) is 13.8. The summed E-state index contributed by atoms with van der Waals surface area (Å²) in [5, 5.41) is 2.23. The van der Waals surface area contributed by atoms with Gasteiger partial charge in [0.05, 0.1) is 21.7 Å². The van der Waals surface area contributed by atoms with Crippen LogP contribution in [0.5, 0.6) is 0 Å². The van der Waals surface area contributed by atoms with E-state index in [-0.39, 0.29) is 16.4 Å². The fourth-order valence-corrected chi connectivity index (χ4v) is 7.49. The summed E-state index contributed by atoms with van der Waals surface area (Å²) >= 11 is 0. The molecule has 5 nitrogen and oxygen atoms in total. The second-order valence-corrected chi connectivity index (χ2v) is 11.0. The molecule has 0 aromatic heterocycles. The van der Waals surface area contributed by atoms with Gasteiger partial charge < -0.3 is 5.32 Å². The Labute approximate surface area is 139 Å². The second kappa shape index (κ2) is 6.91. The van der Waals surface area contributed by atoms with Crippen molar-refractivity contribution in [2.24, 2.45) is 5.92 Å². The molecular formula is C16H25NO4S2. The van der Waals surface area contributed by atoms with Gasteiger partial charge in [-0.3, -0.25) is 0 Å². The predicted molar refractivity (Wildman–Crippen MR) is 92.1 cm³/mol. The van der Waals surface area contributed by atoms with Crippen molar-refractivity contribution in [3.05, 3.63) is 29.8 Å². The zero-order chi connectivity index (χ0) is 17.3. The highest BCUT2D eigenvalue weighted by Gasteiger charge is 2.45. The summed E-state index contributed by atoms with van der Waals surface area (Å²) in [6, 6.07) is 6.04. The molecular weight excluding hydrogens is 334 g/mol. The van der Waals surface area contributed by atoms with Crippen molar-refractivity contribution in [2.75, 3.05) is 18.1 Å². The lowest BCUT2D eigenvalue weighted by molar-refractivity contribution is 0.483. The molecule has 23 heavy (non-hydrogen) atoms. The molecule has 2 rings (SSSR count). The van der Waals surface area contributed by atoms with Crippen molar-refractivity contribution in [3.63, 3.8) is 0 Å². The molecule has 1 heterocycles. The van der Waals surface area contributed by atoms with Gasteiger partial charge in [-0.05, 0) is 37.9 Å². The molecule has 1 aromatic carbocycles. The van der Waals surface area contributed by atoms with Crippen LogP contribution in [0.3, 0.4) is 0 Å². The molecule has 2 atom stereocenters. The maximum atomic E-state index is 12.8. The lowest BCUT2D eigenvalue weighted by atomic mass is 10.1. The maximum Gasteiger partial charge on any atom is 0.183 e. The molecule has 0 aliphatic carbocycles. The Bertz CT molecular complexity index is 737. The fourth-order valence-electron chi connectivity index (χ4n) is 2.77. The first-order valence-corrected chi connectivity index (χ1v) is 11.2. The molecule has 0 bridgehead atoms. The van der Waals surface area contributed by atoms with E-state index in [1.807, 2.05) is 6.92 Å². The van der Waals surface area contributed by atoms with Crippen molar-refractivity contribution < 1.29 is 16.8 Å². The standard InChI is InChI=1S/C16H25NO4S2/c1-12(2)8-9-17-15-10-22(18,19)11-16(15)23(20,21)14-6-4-13(3)5-7-14/h4-7,12,15-17H,8-11H2,1-3H3. The summed E-state index contributed by atoms with van der Waals surface area (Å²) in [5.74, 6) is 0.0660. The molecule has 7 heteroatoms. The molecule has 1 aliphatic heterocycles. The SMILES string of the molecule is Cc1ccc(S(=O)(=O)C2CS(=O)(=O)CC2NCCC(C)C)cc1. The average molecular weight is 360 g/mol. The molecule has 1 aliphatic rings. The number of benzene rings is 1. The summed E-state index contributed by atoms with van der Waals surface area (Å²) < 4.78 is 49.6. The highest BCUT2D eigenvalue weighted by Crippen LogP contribution is 2.26. The van der Waals surface area contributed by atoms with E-state index in [0.29, 0.717) is 12.5 Å². The van der Waals surface area contributed by atoms with Gasteiger partial charge in [0.25, 0.3) is 0 Å². The van der Waals surface area contributed by atoms with E-state index in [2.05, 4.69) is 19.2 Å². The van der Waals surface area contributed by atoms with Crippen LogP contribution in [0.4, 0.5) is 0 Å². The average Bonchev–Trinajstić information content (AvgIpc) is 2.75. The Morgan fingerprint density at radius 2 is 1.78 bits per heavy atom. The summed E-state index contributed by atoms with van der Waals surface area (Å²) in [7, 11) is -7.00. The van der Waals surface area contributed by atoms with Gasteiger partial charge in [0, 0.05) is 6.04 Å². The van der Waals surface area contributed by atoms with E-state index in [0.717, 1.165) is 12.0 Å². The first-order valence-electron chi connectivity index (χ1n) is 7.86. The van der Waals surface area contributed by atoms with Gasteiger partial charge in [0.15, 0.2) is 19.7 Å². The van der Waals surface area contributed by atoms with E-state index in [1.165, 1.54) is 0 Å². The predicted octanol–water partition coefficient (Wildman–Crippen LogP) is 1.57. The van der Waals surface area contributed by atoms with Crippen LogP contribution >= 0.6 is 0 Å². The minimum absolute atomic E-state index is 0.110. The molecule has 0 radical (unpaired) electrons. The van der Waals surface area contributed by atoms with Crippen LogP contribution in [0.15, 0.2) is 29.2 Å². The lowest BCUT2D eigenvalue weighted by Gasteiger charge is -2.20. The quantitative estimate of drug-likeness (QED) is 0.834. The Balaban J connectivity index is 2.24. The minimum Gasteiger partial charge on any atom is -0.312 e. The van der Waals surface area contributed by atoms with Crippen molar-refractivity contribution in [1.82, 2.24) is 5.32 Å². The van der Waals surface area contributed by atoms with E-state index in [9.17, 15) is 16.8 Å². The van der Waals surface area contributed by atoms with Crippen LogP contribution in [0, 0.1) is 12.8 Å². The van der Waals surface area contributed by atoms with E-state index in [4.69, 9.17) is 0 Å². The minimum atomic E-state index is -3.67. The molecule has 0 amide bonds. The van der Waals surface area contributed by atoms with Crippen molar-refractivity contribution >= 4 is 19.7 Å². The number of nitrogens with one attached hydrogen (secondary N) is 1. The van der Waals surface area contributed by atoms with Gasteiger partial charge in [-0.1, -0.05) is 31.5 Å². The topological polar surface area (TPSA) is 80.3 Å². The fraction of sp³-hybridized carbons (Fsp3) is 0.625. The molecule has 130 valence electrons. The smallest absolute Gasteiger partial charge is 0.183 e. The van der Waals surface area contributed by atoms with Crippen molar-refractivity contribution in [2.45, 2.75) is 43.4 Å². The van der Waals surface area contributed by atoms with Gasteiger partial charge in [0.1, 0.15) is 0 Å². The normalized spacial score (nSPS) is 24.2. The van der Waals surface area contributed by atoms with Crippen LogP contribution in [-0.2, 0) is 19.7 Å². The van der Waals surface area contributed by atoms with Crippen molar-refractivity contribution in [1.29, 1.82) is 0 Å². The highest BCUT2D eigenvalue weighted by molar-refractivity contribution is 7.96. The number of hydrogen-bond donors (Lipinski definition) is 1. The maximum absolute atomic E-state index is 12.8. The van der Waals surface area contributed by atoms with Gasteiger partial charge >= 0.3 is 0 Å². The molecule has 2 unspecified atom stereocenters. The molecule has 0 spiro atoms. The summed E-state index contributed by atoms with van der Waals surface area (Å²) in [6.45, 7) is 6.66. The summed E-state index contributed by atoms with van der Waals surface area (Å²) in [4.78, 5) is 0.195. The molecule has 1 aromatic rings. The van der Waals surface area contributed by atoms with Gasteiger partial charge in [-0.2, -0.15) is 0 Å². The van der Waals surface area contributed by atoms with Crippen molar-refractivity contribution in [3.8, 4) is 0 Å². The number of rotatable bonds is 6. The number of hydrogen-bond acceptors (Lipinski definition) is 5. The van der Waals surface area contributed by atoms with Crippen LogP contribution in [-0.4, -0.2) is 46.2 Å². The zero-order valence-corrected chi connectivity index (χ0v) is 15.5. The first-order chi connectivity index (χ1) is 10.6. The summed E-state index contributed by atoms with van der Waals surface area (Å²) in [5.41, 5.74) is 0.967. The largest absolute Gasteiger partial charge is 0.312 e. The number of aryl methyl sites for hydroxylation is 1. The van der Waals surface area contributed by atoms with Crippen LogP contribution < -0.4 is 5.32 Å². The van der Waals surface area contributed by atoms with Crippen LogP contribution in [0.25, 0.3) is 0 Å². The van der Waals surface area contributed by atoms with E-state index in [1.54, 1.807) is 24.3 Å². The third-order valence-electron chi connectivity index (χ3n) is 4.18. The van der Waals surface area contributed by atoms with E-state index < -0.39 is 31.0 Å². The first kappa shape index (κ1) is 18.4. The van der Waals surface area contributed by atoms with Gasteiger partial charge in [0.2, 0.25) is 0 Å². The molecule has 0 saturated carbocycles. The van der Waals surface area contributed by atoms with Crippen LogP contribution in [0.1, 0.15) is 25.8 Å². The molecule has 1 fully saturated rings. The summed E-state index contributed by atoms with van der Waals surface area (Å²) in [6.07, 6.45) is 0.883.